The van der Waals surface area contributed by atoms with E-state index in [1.165, 1.54) is 0 Å². The molecule has 0 aromatic heterocycles. The molecule has 0 aliphatic heterocycles. The highest BCUT2D eigenvalue weighted by atomic mass is 16.4. The quantitative estimate of drug-likeness (QED) is 0.667. The zero-order valence-electron chi connectivity index (χ0n) is 11.3. The van der Waals surface area contributed by atoms with Gasteiger partial charge in [0.1, 0.15) is 6.04 Å². The van der Waals surface area contributed by atoms with Crippen LogP contribution in [0.15, 0.2) is 0 Å². The Morgan fingerprint density at radius 3 is 2.18 bits per heavy atom. The molecule has 0 aliphatic rings. The van der Waals surface area contributed by atoms with Crippen molar-refractivity contribution in [1.82, 2.24) is 10.6 Å². The maximum Gasteiger partial charge on any atom is 0.326 e. The Morgan fingerprint density at radius 1 is 1.29 bits per heavy atom. The zero-order valence-corrected chi connectivity index (χ0v) is 11.3. The number of carbonyl (C=O) groups excluding carboxylic acids is 1. The molecule has 1 atom stereocenters. The van der Waals surface area contributed by atoms with Crippen molar-refractivity contribution in [2.45, 2.75) is 47.1 Å². The Balaban J connectivity index is 4.16. The number of hydrogen-bond donors (Lipinski definition) is 3. The molecule has 0 bridgehead atoms. The molecule has 0 radical (unpaired) electrons. The Bertz CT molecular complexity index is 275. The maximum atomic E-state index is 11.5. The van der Waals surface area contributed by atoms with E-state index in [1.54, 1.807) is 6.92 Å². The van der Waals surface area contributed by atoms with E-state index in [0.717, 1.165) is 0 Å². The van der Waals surface area contributed by atoms with E-state index < -0.39 is 18.0 Å². The Labute approximate surface area is 103 Å². The smallest absolute Gasteiger partial charge is 0.326 e. The van der Waals surface area contributed by atoms with Crippen molar-refractivity contribution < 1.29 is 14.7 Å². The molecule has 0 unspecified atom stereocenters. The summed E-state index contributed by atoms with van der Waals surface area (Å²) < 4.78 is 0. The van der Waals surface area contributed by atoms with Gasteiger partial charge in [-0.05, 0) is 17.8 Å². The molecule has 0 rings (SSSR count). The second-order valence-electron chi connectivity index (χ2n) is 5.27. The molecule has 2 amide bonds. The van der Waals surface area contributed by atoms with Crippen molar-refractivity contribution in [2.75, 3.05) is 6.54 Å². The van der Waals surface area contributed by atoms with Gasteiger partial charge >= 0.3 is 12.0 Å². The van der Waals surface area contributed by atoms with Crippen LogP contribution in [0.25, 0.3) is 0 Å². The Kier molecular flexibility index (Phi) is 5.99. The number of urea groups is 1. The number of carboxylic acids is 1. The Hall–Kier alpha value is -1.26. The third-order valence-electron chi connectivity index (χ3n) is 3.28. The second kappa shape index (κ2) is 6.47. The monoisotopic (exact) mass is 244 g/mol. The lowest BCUT2D eigenvalue weighted by Gasteiger charge is -2.29. The third-order valence-corrected chi connectivity index (χ3v) is 3.28. The van der Waals surface area contributed by atoms with E-state index in [2.05, 4.69) is 38.3 Å². The van der Waals surface area contributed by atoms with E-state index in [-0.39, 0.29) is 5.41 Å². The number of amides is 2. The summed E-state index contributed by atoms with van der Waals surface area (Å²) in [4.78, 5) is 22.2. The van der Waals surface area contributed by atoms with Crippen molar-refractivity contribution in [1.29, 1.82) is 0 Å². The van der Waals surface area contributed by atoms with Gasteiger partial charge in [-0.15, -0.1) is 0 Å². The van der Waals surface area contributed by atoms with Crippen LogP contribution in [0.5, 0.6) is 0 Å². The summed E-state index contributed by atoms with van der Waals surface area (Å²) in [7, 11) is 0. The van der Waals surface area contributed by atoms with E-state index in [0.29, 0.717) is 18.9 Å². The molecule has 0 aromatic rings. The first-order chi connectivity index (χ1) is 7.70. The lowest BCUT2D eigenvalue weighted by Crippen LogP contribution is -2.48. The van der Waals surface area contributed by atoms with Crippen LogP contribution in [0.1, 0.15) is 41.0 Å². The molecule has 100 valence electrons. The molecule has 0 fully saturated rings. The number of aliphatic carboxylic acids is 1. The van der Waals surface area contributed by atoms with Crippen LogP contribution in [-0.4, -0.2) is 29.7 Å². The predicted octanol–water partition coefficient (Wildman–Crippen LogP) is 1.83. The van der Waals surface area contributed by atoms with Gasteiger partial charge in [-0.3, -0.25) is 0 Å². The van der Waals surface area contributed by atoms with Crippen LogP contribution in [-0.2, 0) is 4.79 Å². The normalized spacial score (nSPS) is 13.3. The molecule has 0 aliphatic carbocycles. The van der Waals surface area contributed by atoms with Gasteiger partial charge in [0.15, 0.2) is 0 Å². The van der Waals surface area contributed by atoms with E-state index in [9.17, 15) is 9.59 Å². The summed E-state index contributed by atoms with van der Waals surface area (Å²) in [6, 6.07) is -1.25. The number of carboxylic acid groups (broad SMARTS) is 1. The molecule has 3 N–H and O–H groups in total. The van der Waals surface area contributed by atoms with Crippen molar-refractivity contribution in [3.8, 4) is 0 Å². The summed E-state index contributed by atoms with van der Waals surface area (Å²) >= 11 is 0. The van der Waals surface area contributed by atoms with Crippen LogP contribution in [0.4, 0.5) is 4.79 Å². The van der Waals surface area contributed by atoms with Crippen molar-refractivity contribution in [3.63, 3.8) is 0 Å². The minimum absolute atomic E-state index is 0.0116. The van der Waals surface area contributed by atoms with Gasteiger partial charge in [0.25, 0.3) is 0 Å². The molecule has 0 aromatic carbocycles. The summed E-state index contributed by atoms with van der Waals surface area (Å²) in [5, 5.41) is 13.9. The lowest BCUT2D eigenvalue weighted by atomic mass is 9.81. The average molecular weight is 244 g/mol. The van der Waals surface area contributed by atoms with Crippen molar-refractivity contribution in [3.05, 3.63) is 0 Å². The maximum absolute atomic E-state index is 11.5. The molecule has 0 saturated carbocycles. The average Bonchev–Trinajstić information content (AvgIpc) is 2.22. The van der Waals surface area contributed by atoms with Gasteiger partial charge < -0.3 is 15.7 Å². The van der Waals surface area contributed by atoms with Crippen LogP contribution >= 0.6 is 0 Å². The standard InChI is InChI=1S/C12H24N2O3/c1-6-9(10(15)16)14-11(17)13-7-12(4,5)8(2)3/h8-9H,6-7H2,1-5H3,(H,15,16)(H2,13,14,17)/t9-/m1/s1. The number of hydrogen-bond acceptors (Lipinski definition) is 2. The number of carbonyl (C=O) groups is 2. The zero-order chi connectivity index (χ0) is 13.6. The van der Waals surface area contributed by atoms with Gasteiger partial charge in [0.05, 0.1) is 0 Å². The van der Waals surface area contributed by atoms with E-state index in [4.69, 9.17) is 5.11 Å². The first-order valence-corrected chi connectivity index (χ1v) is 5.98. The molecule has 0 heterocycles. The summed E-state index contributed by atoms with van der Waals surface area (Å²) in [5.74, 6) is -0.574. The summed E-state index contributed by atoms with van der Waals surface area (Å²) in [6.45, 7) is 10.5. The van der Waals surface area contributed by atoms with Crippen LogP contribution in [0, 0.1) is 11.3 Å². The molecule has 0 spiro atoms. The molecule has 0 saturated heterocycles. The minimum Gasteiger partial charge on any atom is -0.480 e. The molecule has 17 heavy (non-hydrogen) atoms. The number of rotatable bonds is 6. The fraction of sp³-hybridized carbons (Fsp3) is 0.833. The highest BCUT2D eigenvalue weighted by Crippen LogP contribution is 2.24. The van der Waals surface area contributed by atoms with Crippen LogP contribution < -0.4 is 10.6 Å². The van der Waals surface area contributed by atoms with Crippen molar-refractivity contribution >= 4 is 12.0 Å². The second-order valence-corrected chi connectivity index (χ2v) is 5.27. The van der Waals surface area contributed by atoms with Gasteiger partial charge in [-0.2, -0.15) is 0 Å². The topological polar surface area (TPSA) is 78.4 Å². The fourth-order valence-corrected chi connectivity index (χ4v) is 1.06. The molecular formula is C12H24N2O3. The highest BCUT2D eigenvalue weighted by molar-refractivity contribution is 5.82. The lowest BCUT2D eigenvalue weighted by molar-refractivity contribution is -0.139. The minimum atomic E-state index is -1.01. The SMILES string of the molecule is CC[C@@H](NC(=O)NCC(C)(C)C(C)C)C(=O)O. The Morgan fingerprint density at radius 2 is 1.82 bits per heavy atom. The van der Waals surface area contributed by atoms with Crippen molar-refractivity contribution in [2.24, 2.45) is 11.3 Å². The van der Waals surface area contributed by atoms with E-state index >= 15 is 0 Å². The van der Waals surface area contributed by atoms with Crippen LogP contribution in [0.2, 0.25) is 0 Å². The molecular weight excluding hydrogens is 220 g/mol. The highest BCUT2D eigenvalue weighted by Gasteiger charge is 2.24. The summed E-state index contributed by atoms with van der Waals surface area (Å²) in [6.07, 6.45) is 0.371. The van der Waals surface area contributed by atoms with Gasteiger partial charge in [-0.25, -0.2) is 9.59 Å². The third kappa shape index (κ3) is 5.56. The van der Waals surface area contributed by atoms with Crippen LogP contribution in [0.3, 0.4) is 0 Å². The van der Waals surface area contributed by atoms with Gasteiger partial charge in [0, 0.05) is 6.54 Å². The van der Waals surface area contributed by atoms with E-state index in [1.807, 2.05) is 0 Å². The fourth-order valence-electron chi connectivity index (χ4n) is 1.06. The first kappa shape index (κ1) is 15.7. The molecule has 5 heteroatoms. The molecule has 5 nitrogen and oxygen atoms in total. The first-order valence-electron chi connectivity index (χ1n) is 5.98. The predicted molar refractivity (Wildman–Crippen MR) is 66.9 cm³/mol. The summed E-state index contributed by atoms with van der Waals surface area (Å²) in [5.41, 5.74) is -0.0116. The number of nitrogens with one attached hydrogen (secondary N) is 2. The van der Waals surface area contributed by atoms with Gasteiger partial charge in [0.2, 0.25) is 0 Å². The van der Waals surface area contributed by atoms with Gasteiger partial charge in [-0.1, -0.05) is 34.6 Å². The largest absolute Gasteiger partial charge is 0.480 e.